The molecule has 3 aromatic carbocycles. The fraction of sp³-hybridized carbons (Fsp3) is 0.174. The highest BCUT2D eigenvalue weighted by atomic mass is 35.5. The van der Waals surface area contributed by atoms with Gasteiger partial charge >= 0.3 is 0 Å². The fourth-order valence-corrected chi connectivity index (χ4v) is 4.50. The SMILES string of the molecule is CCOc1ccc(N(CC(=O)Nc2ccccc2C)S(=O)(=O)c2ccc(Cl)cc2)cc1. The number of sulfonamides is 1. The maximum Gasteiger partial charge on any atom is 0.264 e. The smallest absolute Gasteiger partial charge is 0.264 e. The monoisotopic (exact) mass is 458 g/mol. The first kappa shape index (κ1) is 22.7. The minimum Gasteiger partial charge on any atom is -0.494 e. The van der Waals surface area contributed by atoms with Crippen LogP contribution in [0.2, 0.25) is 5.02 Å². The summed E-state index contributed by atoms with van der Waals surface area (Å²) in [4.78, 5) is 12.8. The van der Waals surface area contributed by atoms with Gasteiger partial charge in [-0.15, -0.1) is 0 Å². The first-order chi connectivity index (χ1) is 14.8. The van der Waals surface area contributed by atoms with Crippen molar-refractivity contribution in [2.75, 3.05) is 22.8 Å². The molecular weight excluding hydrogens is 436 g/mol. The van der Waals surface area contributed by atoms with Crippen LogP contribution in [0.3, 0.4) is 0 Å². The van der Waals surface area contributed by atoms with Crippen molar-refractivity contribution in [3.05, 3.63) is 83.4 Å². The minimum absolute atomic E-state index is 0.0366. The van der Waals surface area contributed by atoms with E-state index in [1.165, 1.54) is 24.3 Å². The van der Waals surface area contributed by atoms with E-state index in [4.69, 9.17) is 16.3 Å². The molecule has 31 heavy (non-hydrogen) atoms. The maximum atomic E-state index is 13.4. The largest absolute Gasteiger partial charge is 0.494 e. The van der Waals surface area contributed by atoms with Crippen molar-refractivity contribution >= 4 is 38.9 Å². The molecular formula is C23H23ClN2O4S. The van der Waals surface area contributed by atoms with Crippen LogP contribution in [-0.4, -0.2) is 27.5 Å². The zero-order chi connectivity index (χ0) is 22.4. The van der Waals surface area contributed by atoms with Crippen molar-refractivity contribution in [2.45, 2.75) is 18.7 Å². The van der Waals surface area contributed by atoms with Gasteiger partial charge in [-0.3, -0.25) is 9.10 Å². The standard InChI is InChI=1S/C23H23ClN2O4S/c1-3-30-20-12-10-19(11-13-20)26(31(28,29)21-14-8-18(24)9-15-21)16-23(27)25-22-7-5-4-6-17(22)2/h4-15H,3,16H2,1-2H3,(H,25,27). The Morgan fingerprint density at radius 1 is 1.00 bits per heavy atom. The number of halogens is 1. The average Bonchev–Trinajstić information content (AvgIpc) is 2.75. The summed E-state index contributed by atoms with van der Waals surface area (Å²) in [6, 6.07) is 19.7. The number of hydrogen-bond donors (Lipinski definition) is 1. The Kier molecular flexibility index (Phi) is 7.20. The topological polar surface area (TPSA) is 75.7 Å². The summed E-state index contributed by atoms with van der Waals surface area (Å²) in [6.45, 7) is 3.82. The molecule has 0 unspecified atom stereocenters. The number of carbonyl (C=O) groups excluding carboxylic acids is 1. The number of nitrogens with zero attached hydrogens (tertiary/aromatic N) is 1. The van der Waals surface area contributed by atoms with Gasteiger partial charge in [-0.25, -0.2) is 8.42 Å². The lowest BCUT2D eigenvalue weighted by molar-refractivity contribution is -0.114. The Balaban J connectivity index is 1.94. The molecule has 1 N–H and O–H groups in total. The molecule has 0 spiro atoms. The molecule has 8 heteroatoms. The van der Waals surface area contributed by atoms with Gasteiger partial charge in [0.2, 0.25) is 5.91 Å². The van der Waals surface area contributed by atoms with Crippen LogP contribution in [0, 0.1) is 6.92 Å². The van der Waals surface area contributed by atoms with Crippen LogP contribution in [0.25, 0.3) is 0 Å². The molecule has 0 aliphatic rings. The van der Waals surface area contributed by atoms with Crippen LogP contribution >= 0.6 is 11.6 Å². The summed E-state index contributed by atoms with van der Waals surface area (Å²) in [6.07, 6.45) is 0. The van der Waals surface area contributed by atoms with Crippen molar-refractivity contribution in [1.29, 1.82) is 0 Å². The van der Waals surface area contributed by atoms with Crippen LogP contribution in [0.1, 0.15) is 12.5 Å². The third kappa shape index (κ3) is 5.57. The Labute approximate surface area is 187 Å². The van der Waals surface area contributed by atoms with E-state index in [1.807, 2.05) is 26.0 Å². The highest BCUT2D eigenvalue weighted by Gasteiger charge is 2.27. The number of carbonyl (C=O) groups is 1. The van der Waals surface area contributed by atoms with Gasteiger partial charge in [0.1, 0.15) is 12.3 Å². The second-order valence-corrected chi connectivity index (χ2v) is 9.05. The van der Waals surface area contributed by atoms with Gasteiger partial charge in [-0.1, -0.05) is 29.8 Å². The van der Waals surface area contributed by atoms with Crippen molar-refractivity contribution < 1.29 is 17.9 Å². The molecule has 1 amide bonds. The Hall–Kier alpha value is -3.03. The molecule has 0 heterocycles. The Bertz CT molecular complexity index is 1150. The zero-order valence-electron chi connectivity index (χ0n) is 17.2. The molecule has 0 radical (unpaired) electrons. The summed E-state index contributed by atoms with van der Waals surface area (Å²) in [5, 5.41) is 3.20. The molecule has 0 saturated carbocycles. The number of hydrogen-bond acceptors (Lipinski definition) is 4. The lowest BCUT2D eigenvalue weighted by Gasteiger charge is -2.24. The highest BCUT2D eigenvalue weighted by molar-refractivity contribution is 7.92. The number of rotatable bonds is 8. The Morgan fingerprint density at radius 3 is 2.26 bits per heavy atom. The van der Waals surface area contributed by atoms with Gasteiger partial charge in [0.25, 0.3) is 10.0 Å². The molecule has 3 aromatic rings. The van der Waals surface area contributed by atoms with Crippen LogP contribution in [-0.2, 0) is 14.8 Å². The number of amides is 1. The number of anilines is 2. The molecule has 162 valence electrons. The second-order valence-electron chi connectivity index (χ2n) is 6.76. The molecule has 3 rings (SSSR count). The third-order valence-corrected chi connectivity index (χ3v) is 6.58. The van der Waals surface area contributed by atoms with E-state index in [-0.39, 0.29) is 4.90 Å². The molecule has 0 saturated heterocycles. The van der Waals surface area contributed by atoms with Crippen LogP contribution < -0.4 is 14.4 Å². The van der Waals surface area contributed by atoms with E-state index in [1.54, 1.807) is 36.4 Å². The lowest BCUT2D eigenvalue weighted by atomic mass is 10.2. The third-order valence-electron chi connectivity index (χ3n) is 4.54. The molecule has 0 aliphatic carbocycles. The number of aryl methyl sites for hydroxylation is 1. The zero-order valence-corrected chi connectivity index (χ0v) is 18.8. The minimum atomic E-state index is -4.02. The predicted molar refractivity (Wildman–Crippen MR) is 123 cm³/mol. The van der Waals surface area contributed by atoms with E-state index in [9.17, 15) is 13.2 Å². The molecule has 0 aromatic heterocycles. The van der Waals surface area contributed by atoms with Crippen LogP contribution in [0.4, 0.5) is 11.4 Å². The molecule has 0 bridgehead atoms. The van der Waals surface area contributed by atoms with E-state index >= 15 is 0 Å². The van der Waals surface area contributed by atoms with E-state index in [2.05, 4.69) is 5.32 Å². The van der Waals surface area contributed by atoms with Crippen LogP contribution in [0.15, 0.2) is 77.7 Å². The lowest BCUT2D eigenvalue weighted by Crippen LogP contribution is -2.38. The van der Waals surface area contributed by atoms with Gasteiger partial charge in [0.05, 0.1) is 17.2 Å². The predicted octanol–water partition coefficient (Wildman–Crippen LogP) is 4.88. The number of ether oxygens (including phenoxy) is 1. The number of nitrogens with one attached hydrogen (secondary N) is 1. The highest BCUT2D eigenvalue weighted by Crippen LogP contribution is 2.27. The average molecular weight is 459 g/mol. The van der Waals surface area contributed by atoms with Gasteiger partial charge in [-0.2, -0.15) is 0 Å². The normalized spacial score (nSPS) is 11.1. The van der Waals surface area contributed by atoms with Gasteiger partial charge in [-0.05, 0) is 74.0 Å². The summed E-state index contributed by atoms with van der Waals surface area (Å²) in [5.41, 5.74) is 1.85. The Morgan fingerprint density at radius 2 is 1.65 bits per heavy atom. The van der Waals surface area contributed by atoms with Crippen molar-refractivity contribution in [2.24, 2.45) is 0 Å². The van der Waals surface area contributed by atoms with E-state index < -0.39 is 22.5 Å². The summed E-state index contributed by atoms with van der Waals surface area (Å²) in [7, 11) is -4.02. The van der Waals surface area contributed by atoms with Crippen molar-refractivity contribution in [1.82, 2.24) is 0 Å². The molecule has 0 fully saturated rings. The van der Waals surface area contributed by atoms with E-state index in [0.717, 1.165) is 9.87 Å². The maximum absolute atomic E-state index is 13.4. The van der Waals surface area contributed by atoms with Crippen LogP contribution in [0.5, 0.6) is 5.75 Å². The van der Waals surface area contributed by atoms with Crippen molar-refractivity contribution in [3.8, 4) is 5.75 Å². The van der Waals surface area contributed by atoms with Crippen molar-refractivity contribution in [3.63, 3.8) is 0 Å². The molecule has 0 atom stereocenters. The van der Waals surface area contributed by atoms with Gasteiger partial charge < -0.3 is 10.1 Å². The first-order valence-corrected chi connectivity index (χ1v) is 11.5. The second kappa shape index (κ2) is 9.85. The first-order valence-electron chi connectivity index (χ1n) is 9.68. The summed E-state index contributed by atoms with van der Waals surface area (Å²) >= 11 is 5.91. The van der Waals surface area contributed by atoms with E-state index in [0.29, 0.717) is 28.8 Å². The quantitative estimate of drug-likeness (QED) is 0.522. The van der Waals surface area contributed by atoms with Gasteiger partial charge in [0, 0.05) is 10.7 Å². The summed E-state index contributed by atoms with van der Waals surface area (Å²) in [5.74, 6) is 0.153. The van der Waals surface area contributed by atoms with Gasteiger partial charge in [0.15, 0.2) is 0 Å². The summed E-state index contributed by atoms with van der Waals surface area (Å²) < 4.78 is 33.3. The molecule has 6 nitrogen and oxygen atoms in total. The molecule has 0 aliphatic heterocycles. The fourth-order valence-electron chi connectivity index (χ4n) is 2.96. The number of benzene rings is 3. The number of para-hydroxylation sites is 1.